The molecule has 0 radical (unpaired) electrons. The van der Waals surface area contributed by atoms with Crippen LogP contribution in [-0.4, -0.2) is 24.2 Å². The molecule has 1 aromatic heterocycles. The first-order valence-corrected chi connectivity index (χ1v) is 7.12. The molecule has 0 bridgehead atoms. The maximum Gasteiger partial charge on any atom is 0.213 e. The van der Waals surface area contributed by atoms with Gasteiger partial charge in [-0.15, -0.1) is 0 Å². The molecule has 106 valence electrons. The number of nitrogens with two attached hydrogens (primary N) is 1. The van der Waals surface area contributed by atoms with E-state index >= 15 is 0 Å². The molecule has 2 N–H and O–H groups in total. The monoisotopic (exact) mass is 264 g/mol. The highest BCUT2D eigenvalue weighted by Gasteiger charge is 2.30. The second-order valence-corrected chi connectivity index (χ2v) is 5.26. The fourth-order valence-corrected chi connectivity index (χ4v) is 2.66. The number of hydrogen-bond donors (Lipinski definition) is 1. The predicted molar refractivity (Wildman–Crippen MR) is 75.1 cm³/mol. The molecule has 0 saturated heterocycles. The van der Waals surface area contributed by atoms with Crippen LogP contribution in [0.2, 0.25) is 0 Å². The van der Waals surface area contributed by atoms with Gasteiger partial charge >= 0.3 is 0 Å². The van der Waals surface area contributed by atoms with E-state index in [2.05, 4.69) is 4.98 Å². The molecule has 19 heavy (non-hydrogen) atoms. The molecule has 0 aliphatic heterocycles. The van der Waals surface area contributed by atoms with Crippen LogP contribution in [0.15, 0.2) is 18.2 Å². The number of ether oxygens (including phenoxy) is 2. The van der Waals surface area contributed by atoms with E-state index in [-0.39, 0.29) is 5.60 Å². The number of pyridine rings is 1. The van der Waals surface area contributed by atoms with Crippen LogP contribution in [0.3, 0.4) is 0 Å². The smallest absolute Gasteiger partial charge is 0.213 e. The van der Waals surface area contributed by atoms with Gasteiger partial charge in [-0.05, 0) is 18.9 Å². The van der Waals surface area contributed by atoms with Crippen molar-refractivity contribution in [3.05, 3.63) is 23.9 Å². The summed E-state index contributed by atoms with van der Waals surface area (Å²) in [5.41, 5.74) is 6.71. The van der Waals surface area contributed by atoms with Gasteiger partial charge < -0.3 is 15.2 Å². The van der Waals surface area contributed by atoms with Crippen molar-refractivity contribution in [1.29, 1.82) is 0 Å². The third-order valence-electron chi connectivity index (χ3n) is 3.90. The van der Waals surface area contributed by atoms with Crippen LogP contribution < -0.4 is 10.5 Å². The third kappa shape index (κ3) is 3.91. The van der Waals surface area contributed by atoms with Gasteiger partial charge in [0, 0.05) is 12.6 Å². The highest BCUT2D eigenvalue weighted by atomic mass is 16.5. The summed E-state index contributed by atoms with van der Waals surface area (Å²) >= 11 is 0. The fourth-order valence-electron chi connectivity index (χ4n) is 2.66. The maximum absolute atomic E-state index is 6.14. The molecule has 1 saturated carbocycles. The molecule has 0 spiro atoms. The van der Waals surface area contributed by atoms with Crippen LogP contribution in [0.4, 0.5) is 0 Å². The van der Waals surface area contributed by atoms with Gasteiger partial charge in [0.2, 0.25) is 5.88 Å². The summed E-state index contributed by atoms with van der Waals surface area (Å²) in [6, 6.07) is 5.74. The molecule has 0 unspecified atom stereocenters. The van der Waals surface area contributed by atoms with Crippen molar-refractivity contribution >= 4 is 0 Å². The largest absolute Gasteiger partial charge is 0.481 e. The molecule has 1 aliphatic rings. The summed E-state index contributed by atoms with van der Waals surface area (Å²) in [4.78, 5) is 4.38. The molecule has 1 heterocycles. The zero-order valence-electron chi connectivity index (χ0n) is 11.7. The minimum atomic E-state index is -0.152. The molecule has 2 rings (SSSR count). The molecule has 4 nitrogen and oxygen atoms in total. The van der Waals surface area contributed by atoms with Crippen LogP contribution in [-0.2, 0) is 11.3 Å². The van der Waals surface area contributed by atoms with Gasteiger partial charge in [-0.3, -0.25) is 0 Å². The van der Waals surface area contributed by atoms with Crippen molar-refractivity contribution in [2.24, 2.45) is 5.73 Å². The Morgan fingerprint density at radius 3 is 2.58 bits per heavy atom. The molecular formula is C15H24N2O2. The Kier molecular flexibility index (Phi) is 5.16. The lowest BCUT2D eigenvalue weighted by molar-refractivity contribution is -0.0614. The minimum absolute atomic E-state index is 0.152. The first-order chi connectivity index (χ1) is 9.28. The SMILES string of the molecule is COc1cccc(COC2(CN)CCCCCC2)n1. The number of nitrogens with zero attached hydrogens (tertiary/aromatic N) is 1. The summed E-state index contributed by atoms with van der Waals surface area (Å²) in [7, 11) is 1.62. The lowest BCUT2D eigenvalue weighted by Gasteiger charge is -2.31. The van der Waals surface area contributed by atoms with Gasteiger partial charge in [-0.2, -0.15) is 0 Å². The van der Waals surface area contributed by atoms with Crippen molar-refractivity contribution in [3.8, 4) is 5.88 Å². The number of rotatable bonds is 5. The normalized spacial score (nSPS) is 18.8. The van der Waals surface area contributed by atoms with Crippen LogP contribution in [0.1, 0.15) is 44.2 Å². The summed E-state index contributed by atoms with van der Waals surface area (Å²) in [6.07, 6.45) is 7.14. The summed E-state index contributed by atoms with van der Waals surface area (Å²) in [6.45, 7) is 1.10. The molecule has 0 amide bonds. The molecule has 1 aliphatic carbocycles. The molecule has 4 heteroatoms. The first-order valence-electron chi connectivity index (χ1n) is 7.12. The van der Waals surface area contributed by atoms with E-state index in [1.165, 1.54) is 25.7 Å². The average molecular weight is 264 g/mol. The zero-order chi connectivity index (χ0) is 13.6. The Labute approximate surface area is 115 Å². The maximum atomic E-state index is 6.14. The van der Waals surface area contributed by atoms with E-state index in [1.807, 2.05) is 18.2 Å². The van der Waals surface area contributed by atoms with E-state index in [1.54, 1.807) is 7.11 Å². The molecule has 0 aromatic carbocycles. The van der Waals surface area contributed by atoms with E-state index < -0.39 is 0 Å². The van der Waals surface area contributed by atoms with Crippen molar-refractivity contribution < 1.29 is 9.47 Å². The Balaban J connectivity index is 1.98. The van der Waals surface area contributed by atoms with Crippen molar-refractivity contribution in [2.75, 3.05) is 13.7 Å². The standard InChI is InChI=1S/C15H24N2O2/c1-18-14-8-6-7-13(17-14)11-19-15(12-16)9-4-2-3-5-10-15/h6-8H,2-5,9-12,16H2,1H3. The van der Waals surface area contributed by atoms with Gasteiger partial charge in [0.1, 0.15) is 0 Å². The van der Waals surface area contributed by atoms with Crippen molar-refractivity contribution in [2.45, 2.75) is 50.7 Å². The molecule has 1 aromatic rings. The topological polar surface area (TPSA) is 57.4 Å². The quantitative estimate of drug-likeness (QED) is 0.831. The highest BCUT2D eigenvalue weighted by Crippen LogP contribution is 2.30. The Morgan fingerprint density at radius 1 is 1.21 bits per heavy atom. The van der Waals surface area contributed by atoms with E-state index in [0.29, 0.717) is 19.0 Å². The van der Waals surface area contributed by atoms with E-state index in [4.69, 9.17) is 15.2 Å². The third-order valence-corrected chi connectivity index (χ3v) is 3.90. The Bertz CT molecular complexity index is 387. The molecule has 0 atom stereocenters. The molecular weight excluding hydrogens is 240 g/mol. The number of hydrogen-bond acceptors (Lipinski definition) is 4. The molecule has 1 fully saturated rings. The van der Waals surface area contributed by atoms with Crippen molar-refractivity contribution in [3.63, 3.8) is 0 Å². The minimum Gasteiger partial charge on any atom is -0.481 e. The lowest BCUT2D eigenvalue weighted by Crippen LogP contribution is -2.40. The van der Waals surface area contributed by atoms with Crippen LogP contribution in [0, 0.1) is 0 Å². The second kappa shape index (κ2) is 6.87. The highest BCUT2D eigenvalue weighted by molar-refractivity contribution is 5.15. The van der Waals surface area contributed by atoms with Crippen LogP contribution in [0.5, 0.6) is 5.88 Å². The van der Waals surface area contributed by atoms with E-state index in [0.717, 1.165) is 18.5 Å². The van der Waals surface area contributed by atoms with Gasteiger partial charge in [-0.25, -0.2) is 4.98 Å². The Morgan fingerprint density at radius 2 is 1.95 bits per heavy atom. The number of aromatic nitrogens is 1. The van der Waals surface area contributed by atoms with E-state index in [9.17, 15) is 0 Å². The number of methoxy groups -OCH3 is 1. The van der Waals surface area contributed by atoms with Gasteiger partial charge in [0.05, 0.1) is 25.0 Å². The van der Waals surface area contributed by atoms with Crippen molar-refractivity contribution in [1.82, 2.24) is 4.98 Å². The fraction of sp³-hybridized carbons (Fsp3) is 0.667. The van der Waals surface area contributed by atoms with Crippen LogP contribution >= 0.6 is 0 Å². The lowest BCUT2D eigenvalue weighted by atomic mass is 9.94. The first kappa shape index (κ1) is 14.3. The summed E-state index contributed by atoms with van der Waals surface area (Å²) in [5.74, 6) is 0.628. The van der Waals surface area contributed by atoms with Crippen LogP contribution in [0.25, 0.3) is 0 Å². The van der Waals surface area contributed by atoms with Gasteiger partial charge in [0.15, 0.2) is 0 Å². The zero-order valence-corrected chi connectivity index (χ0v) is 11.7. The van der Waals surface area contributed by atoms with Gasteiger partial charge in [0.25, 0.3) is 0 Å². The summed E-state index contributed by atoms with van der Waals surface area (Å²) < 4.78 is 11.3. The summed E-state index contributed by atoms with van der Waals surface area (Å²) in [5, 5.41) is 0. The Hall–Kier alpha value is -1.13. The predicted octanol–water partition coefficient (Wildman–Crippen LogP) is 2.66. The second-order valence-electron chi connectivity index (χ2n) is 5.26. The van der Waals surface area contributed by atoms with Gasteiger partial charge in [-0.1, -0.05) is 31.7 Å². The average Bonchev–Trinajstić information content (AvgIpc) is 2.71.